The molecular weight excluding hydrogens is 194 g/mol. The number of hydrogen-bond acceptors (Lipinski definition) is 3. The third-order valence-corrected chi connectivity index (χ3v) is 3.01. The van der Waals surface area contributed by atoms with Gasteiger partial charge in [-0.15, -0.1) is 0 Å². The zero-order valence-electron chi connectivity index (χ0n) is 9.90. The molecule has 91 valence electrons. The standard InChI is InChI=1S/C11H24NO3/c1-4-8(13)7-11(12,9(14)5-2)10(15)6-3/h8-10,12-15H,4-7H2,1-3H3. The Kier molecular flexibility index (Phi) is 6.36. The zero-order valence-corrected chi connectivity index (χ0v) is 9.90. The highest BCUT2D eigenvalue weighted by Crippen LogP contribution is 2.26. The van der Waals surface area contributed by atoms with Crippen molar-refractivity contribution >= 4 is 0 Å². The van der Waals surface area contributed by atoms with E-state index in [9.17, 15) is 15.3 Å². The summed E-state index contributed by atoms with van der Waals surface area (Å²) in [6.07, 6.45) is -0.943. The summed E-state index contributed by atoms with van der Waals surface area (Å²) in [5.74, 6) is 0. The fraction of sp³-hybridized carbons (Fsp3) is 1.00. The van der Waals surface area contributed by atoms with Gasteiger partial charge in [-0.2, -0.15) is 0 Å². The molecule has 0 aliphatic heterocycles. The fourth-order valence-corrected chi connectivity index (χ4v) is 1.76. The highest BCUT2D eigenvalue weighted by molar-refractivity contribution is 4.97. The number of rotatable bonds is 7. The summed E-state index contributed by atoms with van der Waals surface area (Å²) >= 11 is 0. The molecule has 0 aromatic heterocycles. The molecule has 3 atom stereocenters. The van der Waals surface area contributed by atoms with Gasteiger partial charge in [-0.1, -0.05) is 20.8 Å². The van der Waals surface area contributed by atoms with E-state index < -0.39 is 23.9 Å². The van der Waals surface area contributed by atoms with Crippen LogP contribution in [0.3, 0.4) is 0 Å². The first-order chi connectivity index (χ1) is 6.92. The van der Waals surface area contributed by atoms with E-state index in [1.807, 2.05) is 6.92 Å². The second kappa shape index (κ2) is 6.43. The predicted molar refractivity (Wildman–Crippen MR) is 59.3 cm³/mol. The Hall–Kier alpha value is -0.160. The van der Waals surface area contributed by atoms with E-state index in [2.05, 4.69) is 0 Å². The van der Waals surface area contributed by atoms with Gasteiger partial charge < -0.3 is 15.3 Å². The minimum Gasteiger partial charge on any atom is -0.393 e. The lowest BCUT2D eigenvalue weighted by Gasteiger charge is -2.38. The maximum Gasteiger partial charge on any atom is 0.0864 e. The molecule has 3 unspecified atom stereocenters. The molecule has 0 saturated heterocycles. The molecule has 0 aromatic rings. The van der Waals surface area contributed by atoms with Gasteiger partial charge in [0.2, 0.25) is 0 Å². The summed E-state index contributed by atoms with van der Waals surface area (Å²) in [5.41, 5.74) is 6.76. The molecule has 0 aromatic carbocycles. The van der Waals surface area contributed by atoms with Gasteiger partial charge in [0.15, 0.2) is 0 Å². The molecule has 0 saturated carbocycles. The van der Waals surface area contributed by atoms with Crippen LogP contribution in [0.25, 0.3) is 0 Å². The maximum atomic E-state index is 9.76. The summed E-state index contributed by atoms with van der Waals surface area (Å²) in [4.78, 5) is 0. The Morgan fingerprint density at radius 2 is 1.33 bits per heavy atom. The molecule has 0 heterocycles. The molecule has 4 heteroatoms. The van der Waals surface area contributed by atoms with Gasteiger partial charge in [-0.25, -0.2) is 5.73 Å². The first kappa shape index (κ1) is 14.8. The normalized spacial score (nSPS) is 21.8. The monoisotopic (exact) mass is 218 g/mol. The van der Waals surface area contributed by atoms with Gasteiger partial charge in [-0.05, 0) is 25.7 Å². The van der Waals surface area contributed by atoms with E-state index in [1.165, 1.54) is 0 Å². The summed E-state index contributed by atoms with van der Waals surface area (Å²) < 4.78 is 0. The van der Waals surface area contributed by atoms with E-state index in [4.69, 9.17) is 5.73 Å². The molecule has 4 N–H and O–H groups in total. The van der Waals surface area contributed by atoms with Crippen LogP contribution in [0.1, 0.15) is 46.5 Å². The summed E-state index contributed by atoms with van der Waals surface area (Å²) in [7, 11) is 0. The third kappa shape index (κ3) is 3.72. The van der Waals surface area contributed by atoms with E-state index >= 15 is 0 Å². The van der Waals surface area contributed by atoms with Gasteiger partial charge in [0.05, 0.1) is 23.9 Å². The average Bonchev–Trinajstić information content (AvgIpc) is 2.25. The third-order valence-electron chi connectivity index (χ3n) is 3.01. The molecule has 0 bridgehead atoms. The number of aliphatic hydroxyl groups excluding tert-OH is 3. The Bertz CT molecular complexity index is 165. The van der Waals surface area contributed by atoms with Crippen molar-refractivity contribution in [3.63, 3.8) is 0 Å². The lowest BCUT2D eigenvalue weighted by molar-refractivity contribution is -0.0437. The fourth-order valence-electron chi connectivity index (χ4n) is 1.76. The topological polar surface area (TPSA) is 84.5 Å². The van der Waals surface area contributed by atoms with Crippen LogP contribution in [-0.2, 0) is 0 Å². The van der Waals surface area contributed by atoms with Crippen LogP contribution in [0.15, 0.2) is 0 Å². The highest BCUT2D eigenvalue weighted by atomic mass is 16.3. The highest BCUT2D eigenvalue weighted by Gasteiger charge is 2.41. The predicted octanol–water partition coefficient (Wildman–Crippen LogP) is 0.711. The molecule has 4 nitrogen and oxygen atoms in total. The van der Waals surface area contributed by atoms with E-state index in [-0.39, 0.29) is 6.42 Å². The van der Waals surface area contributed by atoms with Crippen molar-refractivity contribution in [3.8, 4) is 0 Å². The van der Waals surface area contributed by atoms with Gasteiger partial charge in [-0.3, -0.25) is 0 Å². The number of nitrogens with one attached hydrogen (secondary N) is 1. The summed E-state index contributed by atoms with van der Waals surface area (Å²) in [6.45, 7) is 5.37. The van der Waals surface area contributed by atoms with Crippen LogP contribution in [-0.4, -0.2) is 39.2 Å². The molecule has 0 rings (SSSR count). The van der Waals surface area contributed by atoms with Crippen molar-refractivity contribution in [2.75, 3.05) is 0 Å². The smallest absolute Gasteiger partial charge is 0.0864 e. The zero-order chi connectivity index (χ0) is 12.1. The minimum atomic E-state index is -1.35. The molecule has 0 spiro atoms. The second-order valence-corrected chi connectivity index (χ2v) is 4.15. The molecule has 0 aliphatic rings. The van der Waals surface area contributed by atoms with Crippen molar-refractivity contribution in [2.24, 2.45) is 0 Å². The molecule has 1 radical (unpaired) electrons. The second-order valence-electron chi connectivity index (χ2n) is 4.15. The quantitative estimate of drug-likeness (QED) is 0.588. The van der Waals surface area contributed by atoms with E-state index in [0.717, 1.165) is 0 Å². The number of aliphatic hydroxyl groups is 3. The molecule has 0 amide bonds. The molecule has 15 heavy (non-hydrogen) atoms. The Morgan fingerprint density at radius 1 is 0.933 bits per heavy atom. The largest absolute Gasteiger partial charge is 0.393 e. The lowest BCUT2D eigenvalue weighted by atomic mass is 9.79. The minimum absolute atomic E-state index is 0.119. The first-order valence-corrected chi connectivity index (χ1v) is 5.71. The van der Waals surface area contributed by atoms with Gasteiger partial charge in [0.25, 0.3) is 0 Å². The average molecular weight is 218 g/mol. The van der Waals surface area contributed by atoms with E-state index in [1.54, 1.807) is 13.8 Å². The van der Waals surface area contributed by atoms with Crippen molar-refractivity contribution in [3.05, 3.63) is 0 Å². The molecular formula is C11H24NO3. The van der Waals surface area contributed by atoms with Gasteiger partial charge in [0.1, 0.15) is 0 Å². The van der Waals surface area contributed by atoms with Crippen LogP contribution in [0, 0.1) is 0 Å². The summed E-state index contributed by atoms with van der Waals surface area (Å²) in [5, 5.41) is 29.1. The van der Waals surface area contributed by atoms with Crippen molar-refractivity contribution in [1.29, 1.82) is 0 Å². The van der Waals surface area contributed by atoms with Crippen LogP contribution in [0.4, 0.5) is 0 Å². The Labute approximate surface area is 92.1 Å². The Morgan fingerprint density at radius 3 is 1.60 bits per heavy atom. The lowest BCUT2D eigenvalue weighted by Crippen LogP contribution is -2.55. The van der Waals surface area contributed by atoms with Gasteiger partial charge in [0, 0.05) is 0 Å². The van der Waals surface area contributed by atoms with Crippen molar-refractivity contribution < 1.29 is 15.3 Å². The van der Waals surface area contributed by atoms with Crippen LogP contribution in [0.5, 0.6) is 0 Å². The van der Waals surface area contributed by atoms with E-state index in [0.29, 0.717) is 19.3 Å². The first-order valence-electron chi connectivity index (χ1n) is 5.71. The summed E-state index contributed by atoms with van der Waals surface area (Å²) in [6, 6.07) is 0. The number of hydrogen-bond donors (Lipinski definition) is 3. The van der Waals surface area contributed by atoms with Gasteiger partial charge >= 0.3 is 0 Å². The Balaban J connectivity index is 4.68. The van der Waals surface area contributed by atoms with Crippen LogP contribution >= 0.6 is 0 Å². The maximum absolute atomic E-state index is 9.76. The van der Waals surface area contributed by atoms with Crippen LogP contribution in [0.2, 0.25) is 0 Å². The molecule has 0 aliphatic carbocycles. The van der Waals surface area contributed by atoms with Crippen molar-refractivity contribution in [2.45, 2.75) is 70.3 Å². The van der Waals surface area contributed by atoms with Crippen LogP contribution < -0.4 is 5.73 Å². The molecule has 0 fully saturated rings. The SMILES string of the molecule is CCC(O)CC([NH])(C(O)CC)C(O)CC. The van der Waals surface area contributed by atoms with Crippen molar-refractivity contribution in [1.82, 2.24) is 5.73 Å².